The second kappa shape index (κ2) is 9.22. The van der Waals surface area contributed by atoms with E-state index in [0.29, 0.717) is 6.54 Å². The van der Waals surface area contributed by atoms with Crippen molar-refractivity contribution in [1.82, 2.24) is 5.32 Å². The lowest BCUT2D eigenvalue weighted by Crippen LogP contribution is -2.45. The van der Waals surface area contributed by atoms with Gasteiger partial charge >= 0.3 is 0 Å². The van der Waals surface area contributed by atoms with E-state index in [0.717, 1.165) is 25.0 Å². The van der Waals surface area contributed by atoms with Crippen LogP contribution in [0.5, 0.6) is 5.75 Å². The molecule has 3 rings (SSSR count). The van der Waals surface area contributed by atoms with E-state index >= 15 is 0 Å². The summed E-state index contributed by atoms with van der Waals surface area (Å²) in [6, 6.07) is 23.0. The van der Waals surface area contributed by atoms with Crippen LogP contribution in [0, 0.1) is 0 Å². The smallest absolute Gasteiger partial charge is 0.118 e. The molecule has 3 heteroatoms. The Balaban J connectivity index is 1.50. The lowest BCUT2D eigenvalue weighted by atomic mass is 9.94. The number of aliphatic hydroxyl groups excluding tert-OH is 1. The summed E-state index contributed by atoms with van der Waals surface area (Å²) in [5.41, 5.74) is 2.47. The van der Waals surface area contributed by atoms with Gasteiger partial charge in [-0.25, -0.2) is 0 Å². The van der Waals surface area contributed by atoms with Crippen LogP contribution in [0.2, 0.25) is 0 Å². The molecular formula is C25H31NO2. The monoisotopic (exact) mass is 377 g/mol. The van der Waals surface area contributed by atoms with Crippen molar-refractivity contribution in [3.05, 3.63) is 77.9 Å². The van der Waals surface area contributed by atoms with Crippen LogP contribution < -0.4 is 10.1 Å². The lowest BCUT2D eigenvalue weighted by molar-refractivity contribution is 0.149. The number of aryl methyl sites for hydroxylation is 1. The molecule has 3 aromatic rings. The fourth-order valence-electron chi connectivity index (χ4n) is 3.64. The standard InChI is InChI=1S/C25H31NO2/c1-25(2,17-19-11-15-23(28-3)16-12-19)26-18-22(27)14-13-21-9-6-8-20-7-4-5-10-24(20)21/h4-12,15-16,22,26-27H,13-14,17-18H2,1-3H3. The van der Waals surface area contributed by atoms with Crippen molar-refractivity contribution in [2.75, 3.05) is 13.7 Å². The largest absolute Gasteiger partial charge is 0.497 e. The molecule has 0 amide bonds. The van der Waals surface area contributed by atoms with E-state index in [9.17, 15) is 5.11 Å². The first kappa shape index (κ1) is 20.4. The maximum atomic E-state index is 10.5. The number of nitrogens with one attached hydrogen (secondary N) is 1. The molecule has 0 aliphatic heterocycles. The summed E-state index contributed by atoms with van der Waals surface area (Å²) >= 11 is 0. The molecule has 0 saturated carbocycles. The molecule has 0 bridgehead atoms. The second-order valence-electron chi connectivity index (χ2n) is 8.12. The molecule has 1 unspecified atom stereocenters. The van der Waals surface area contributed by atoms with Gasteiger partial charge in [0.2, 0.25) is 0 Å². The first-order valence-electron chi connectivity index (χ1n) is 9.99. The number of aliphatic hydroxyl groups is 1. The Hall–Kier alpha value is -2.36. The molecule has 3 nitrogen and oxygen atoms in total. The first-order chi connectivity index (χ1) is 13.5. The maximum absolute atomic E-state index is 10.5. The van der Waals surface area contributed by atoms with Crippen LogP contribution in [0.25, 0.3) is 10.8 Å². The number of fused-ring (bicyclic) bond motifs is 1. The second-order valence-corrected chi connectivity index (χ2v) is 8.12. The van der Waals surface area contributed by atoms with Crippen molar-refractivity contribution < 1.29 is 9.84 Å². The van der Waals surface area contributed by atoms with E-state index in [1.165, 1.54) is 21.9 Å². The number of hydrogen-bond donors (Lipinski definition) is 2. The zero-order valence-corrected chi connectivity index (χ0v) is 17.1. The third kappa shape index (κ3) is 5.57. The summed E-state index contributed by atoms with van der Waals surface area (Å²) in [5, 5.41) is 16.6. The molecule has 0 saturated heterocycles. The van der Waals surface area contributed by atoms with Crippen LogP contribution in [-0.4, -0.2) is 30.4 Å². The van der Waals surface area contributed by atoms with E-state index in [-0.39, 0.29) is 11.6 Å². The highest BCUT2D eigenvalue weighted by atomic mass is 16.5. The fraction of sp³-hybridized carbons (Fsp3) is 0.360. The van der Waals surface area contributed by atoms with Crippen LogP contribution in [0.4, 0.5) is 0 Å². The van der Waals surface area contributed by atoms with Crippen molar-refractivity contribution >= 4 is 10.8 Å². The molecule has 3 aromatic carbocycles. The van der Waals surface area contributed by atoms with Crippen molar-refractivity contribution in [2.45, 2.75) is 44.8 Å². The van der Waals surface area contributed by atoms with Crippen LogP contribution in [0.1, 0.15) is 31.4 Å². The van der Waals surface area contributed by atoms with Crippen LogP contribution in [0.3, 0.4) is 0 Å². The Morgan fingerprint density at radius 3 is 2.43 bits per heavy atom. The summed E-state index contributed by atoms with van der Waals surface area (Å²) in [5.74, 6) is 0.873. The highest BCUT2D eigenvalue weighted by Crippen LogP contribution is 2.21. The predicted molar refractivity (Wildman–Crippen MR) is 117 cm³/mol. The third-order valence-corrected chi connectivity index (χ3v) is 5.25. The molecule has 0 aliphatic carbocycles. The summed E-state index contributed by atoms with van der Waals surface area (Å²) < 4.78 is 5.22. The minimum Gasteiger partial charge on any atom is -0.497 e. The Morgan fingerprint density at radius 2 is 1.68 bits per heavy atom. The van der Waals surface area contributed by atoms with Gasteiger partial charge in [-0.1, -0.05) is 54.6 Å². The van der Waals surface area contributed by atoms with Crippen molar-refractivity contribution in [2.24, 2.45) is 0 Å². The van der Waals surface area contributed by atoms with Gasteiger partial charge in [-0.2, -0.15) is 0 Å². The molecule has 1 atom stereocenters. The van der Waals surface area contributed by atoms with E-state index in [1.54, 1.807) is 7.11 Å². The zero-order chi connectivity index (χ0) is 20.0. The molecule has 0 heterocycles. The summed E-state index contributed by atoms with van der Waals surface area (Å²) in [6.07, 6.45) is 2.16. The topological polar surface area (TPSA) is 41.5 Å². The number of benzene rings is 3. The van der Waals surface area contributed by atoms with Crippen molar-refractivity contribution in [3.63, 3.8) is 0 Å². The number of β-amino-alcohol motifs (C(OH)–C–C–N with tert-alkyl or cyclic N) is 1. The Kier molecular flexibility index (Phi) is 6.71. The molecule has 0 aliphatic rings. The molecule has 2 N–H and O–H groups in total. The van der Waals surface area contributed by atoms with Crippen molar-refractivity contribution in [3.8, 4) is 5.75 Å². The van der Waals surface area contributed by atoms with Gasteiger partial charge in [0.25, 0.3) is 0 Å². The summed E-state index contributed by atoms with van der Waals surface area (Å²) in [6.45, 7) is 4.94. The van der Waals surface area contributed by atoms with Gasteiger partial charge in [-0.15, -0.1) is 0 Å². The van der Waals surface area contributed by atoms with Crippen LogP contribution >= 0.6 is 0 Å². The van der Waals surface area contributed by atoms with Gasteiger partial charge in [-0.3, -0.25) is 0 Å². The maximum Gasteiger partial charge on any atom is 0.118 e. The van der Waals surface area contributed by atoms with Gasteiger partial charge < -0.3 is 15.2 Å². The normalized spacial score (nSPS) is 12.9. The molecule has 0 radical (unpaired) electrons. The minimum absolute atomic E-state index is 0.0883. The van der Waals surface area contributed by atoms with Gasteiger partial charge in [0.05, 0.1) is 13.2 Å². The molecule has 0 aromatic heterocycles. The lowest BCUT2D eigenvalue weighted by Gasteiger charge is -2.28. The van der Waals surface area contributed by atoms with E-state index < -0.39 is 0 Å². The SMILES string of the molecule is COc1ccc(CC(C)(C)NCC(O)CCc2cccc3ccccc23)cc1. The number of ether oxygens (including phenoxy) is 1. The highest BCUT2D eigenvalue weighted by Gasteiger charge is 2.19. The Bertz CT molecular complexity index is 881. The zero-order valence-electron chi connectivity index (χ0n) is 17.1. The summed E-state index contributed by atoms with van der Waals surface area (Å²) in [7, 11) is 1.68. The predicted octanol–water partition coefficient (Wildman–Crippen LogP) is 4.75. The average molecular weight is 378 g/mol. The highest BCUT2D eigenvalue weighted by molar-refractivity contribution is 5.85. The molecule has 28 heavy (non-hydrogen) atoms. The minimum atomic E-state index is -0.367. The quantitative estimate of drug-likeness (QED) is 0.565. The van der Waals surface area contributed by atoms with Crippen LogP contribution in [0.15, 0.2) is 66.7 Å². The van der Waals surface area contributed by atoms with Gasteiger partial charge in [0.1, 0.15) is 5.75 Å². The Morgan fingerprint density at radius 1 is 0.964 bits per heavy atom. The van der Waals surface area contributed by atoms with E-state index in [1.807, 2.05) is 12.1 Å². The van der Waals surface area contributed by atoms with Gasteiger partial charge in [0, 0.05) is 12.1 Å². The average Bonchev–Trinajstić information content (AvgIpc) is 2.71. The van der Waals surface area contributed by atoms with E-state index in [2.05, 4.69) is 73.8 Å². The third-order valence-electron chi connectivity index (χ3n) is 5.25. The van der Waals surface area contributed by atoms with Crippen molar-refractivity contribution in [1.29, 1.82) is 0 Å². The number of hydrogen-bond acceptors (Lipinski definition) is 3. The van der Waals surface area contributed by atoms with Gasteiger partial charge in [0.15, 0.2) is 0 Å². The molecule has 0 spiro atoms. The van der Waals surface area contributed by atoms with Gasteiger partial charge in [-0.05, 0) is 67.1 Å². The van der Waals surface area contributed by atoms with E-state index in [4.69, 9.17) is 4.74 Å². The molecule has 148 valence electrons. The van der Waals surface area contributed by atoms with Crippen LogP contribution in [-0.2, 0) is 12.8 Å². The number of rotatable bonds is 9. The molecule has 0 fully saturated rings. The Labute approximate surface area is 168 Å². The first-order valence-corrected chi connectivity index (χ1v) is 9.99. The molecular weight excluding hydrogens is 346 g/mol. The fourth-order valence-corrected chi connectivity index (χ4v) is 3.64. The summed E-state index contributed by atoms with van der Waals surface area (Å²) in [4.78, 5) is 0. The number of methoxy groups -OCH3 is 1.